The van der Waals surface area contributed by atoms with Crippen molar-refractivity contribution in [1.82, 2.24) is 19.8 Å². The van der Waals surface area contributed by atoms with Crippen LogP contribution in [0.4, 0.5) is 0 Å². The molecule has 0 unspecified atom stereocenters. The third-order valence-corrected chi connectivity index (χ3v) is 6.87. The average Bonchev–Trinajstić information content (AvgIpc) is 3.31. The fraction of sp³-hybridized carbons (Fsp3) is 0.185. The average molecular weight is 473 g/mol. The fourth-order valence-electron chi connectivity index (χ4n) is 4.77. The van der Waals surface area contributed by atoms with Crippen molar-refractivity contribution >= 4 is 28.9 Å². The van der Waals surface area contributed by atoms with Crippen LogP contribution in [0.3, 0.4) is 0 Å². The number of hydrogen-bond acceptors (Lipinski definition) is 2. The van der Waals surface area contributed by atoms with E-state index in [1.807, 2.05) is 36.5 Å². The topological polar surface area (TPSA) is 33.1 Å². The zero-order valence-electron chi connectivity index (χ0n) is 18.6. The molecular formula is C27H25ClN4S. The Kier molecular flexibility index (Phi) is 5.92. The zero-order chi connectivity index (χ0) is 22.9. The molecule has 0 aliphatic carbocycles. The van der Waals surface area contributed by atoms with Gasteiger partial charge in [-0.05, 0) is 79.7 Å². The lowest BCUT2D eigenvalue weighted by Crippen LogP contribution is -2.29. The summed E-state index contributed by atoms with van der Waals surface area (Å²) in [6.07, 6.45) is 1.84. The lowest BCUT2D eigenvalue weighted by Gasteiger charge is -2.28. The molecule has 5 rings (SSSR count). The van der Waals surface area contributed by atoms with Crippen LogP contribution in [-0.2, 0) is 6.54 Å². The number of hydrogen-bond donors (Lipinski definition) is 1. The molecule has 4 aromatic rings. The zero-order valence-corrected chi connectivity index (χ0v) is 20.1. The number of aryl methyl sites for hydroxylation is 1. The molecule has 4 nitrogen and oxygen atoms in total. The third kappa shape index (κ3) is 4.14. The maximum absolute atomic E-state index is 6.14. The van der Waals surface area contributed by atoms with Crippen molar-refractivity contribution in [3.8, 4) is 5.69 Å². The van der Waals surface area contributed by atoms with E-state index in [2.05, 4.69) is 82.1 Å². The normalized spacial score (nSPS) is 17.9. The maximum Gasteiger partial charge on any atom is 0.170 e. The molecule has 1 fully saturated rings. The van der Waals surface area contributed by atoms with E-state index in [0.717, 1.165) is 28.1 Å². The number of pyridine rings is 1. The van der Waals surface area contributed by atoms with Crippen LogP contribution >= 0.6 is 23.8 Å². The highest BCUT2D eigenvalue weighted by Crippen LogP contribution is 2.42. The minimum absolute atomic E-state index is 0.0138. The molecule has 3 heterocycles. The van der Waals surface area contributed by atoms with Crippen LogP contribution < -0.4 is 5.32 Å². The summed E-state index contributed by atoms with van der Waals surface area (Å²) < 4.78 is 2.28. The summed E-state index contributed by atoms with van der Waals surface area (Å²) in [5.41, 5.74) is 6.89. The first kappa shape index (κ1) is 21.7. The van der Waals surface area contributed by atoms with Crippen LogP contribution in [0.1, 0.15) is 40.3 Å². The van der Waals surface area contributed by atoms with E-state index in [0.29, 0.717) is 0 Å². The van der Waals surface area contributed by atoms with Crippen molar-refractivity contribution in [2.75, 3.05) is 0 Å². The lowest BCUT2D eigenvalue weighted by atomic mass is 9.96. The predicted molar refractivity (Wildman–Crippen MR) is 138 cm³/mol. The summed E-state index contributed by atoms with van der Waals surface area (Å²) >= 11 is 12.0. The molecule has 0 spiro atoms. The summed E-state index contributed by atoms with van der Waals surface area (Å²) in [5, 5.41) is 5.04. The molecule has 1 N–H and O–H groups in total. The Morgan fingerprint density at radius 1 is 0.970 bits per heavy atom. The molecule has 1 aliphatic rings. The van der Waals surface area contributed by atoms with Gasteiger partial charge in [-0.1, -0.05) is 48.0 Å². The van der Waals surface area contributed by atoms with Crippen molar-refractivity contribution < 1.29 is 0 Å². The molecule has 2 aromatic carbocycles. The van der Waals surface area contributed by atoms with Crippen molar-refractivity contribution in [1.29, 1.82) is 0 Å². The second-order valence-electron chi connectivity index (χ2n) is 8.38. The Balaban J connectivity index is 1.61. The molecule has 6 heteroatoms. The molecule has 0 amide bonds. The van der Waals surface area contributed by atoms with Gasteiger partial charge in [-0.15, -0.1) is 0 Å². The van der Waals surface area contributed by atoms with Crippen molar-refractivity contribution in [2.45, 2.75) is 32.5 Å². The van der Waals surface area contributed by atoms with Gasteiger partial charge in [0.25, 0.3) is 0 Å². The van der Waals surface area contributed by atoms with E-state index in [-0.39, 0.29) is 12.1 Å². The largest absolute Gasteiger partial charge is 0.352 e. The first-order valence-electron chi connectivity index (χ1n) is 11.0. The third-order valence-electron chi connectivity index (χ3n) is 6.27. The van der Waals surface area contributed by atoms with Gasteiger partial charge >= 0.3 is 0 Å². The van der Waals surface area contributed by atoms with E-state index in [9.17, 15) is 0 Å². The summed E-state index contributed by atoms with van der Waals surface area (Å²) in [4.78, 5) is 6.96. The highest BCUT2D eigenvalue weighted by atomic mass is 35.5. The monoisotopic (exact) mass is 472 g/mol. The van der Waals surface area contributed by atoms with Gasteiger partial charge in [0.2, 0.25) is 0 Å². The van der Waals surface area contributed by atoms with Crippen LogP contribution in [0.25, 0.3) is 5.69 Å². The van der Waals surface area contributed by atoms with Gasteiger partial charge in [0, 0.05) is 34.8 Å². The van der Waals surface area contributed by atoms with E-state index >= 15 is 0 Å². The number of nitrogens with one attached hydrogen (secondary N) is 1. The van der Waals surface area contributed by atoms with Gasteiger partial charge in [0.05, 0.1) is 17.8 Å². The van der Waals surface area contributed by atoms with E-state index in [1.54, 1.807) is 0 Å². The Hall–Kier alpha value is -3.15. The number of benzene rings is 2. The molecule has 166 valence electrons. The minimum atomic E-state index is -0.0402. The fourth-order valence-corrected chi connectivity index (χ4v) is 5.20. The Bertz CT molecular complexity index is 1270. The van der Waals surface area contributed by atoms with Gasteiger partial charge in [0.1, 0.15) is 0 Å². The van der Waals surface area contributed by atoms with Gasteiger partial charge in [-0.2, -0.15) is 0 Å². The van der Waals surface area contributed by atoms with Gasteiger partial charge in [-0.3, -0.25) is 4.98 Å². The van der Waals surface area contributed by atoms with Gasteiger partial charge in [-0.25, -0.2) is 0 Å². The van der Waals surface area contributed by atoms with Crippen molar-refractivity contribution in [3.05, 3.63) is 118 Å². The summed E-state index contributed by atoms with van der Waals surface area (Å²) in [6.45, 7) is 5.04. The molecule has 2 aromatic heterocycles. The van der Waals surface area contributed by atoms with E-state index < -0.39 is 0 Å². The smallest absolute Gasteiger partial charge is 0.170 e. The van der Waals surface area contributed by atoms with E-state index in [1.165, 1.54) is 22.5 Å². The predicted octanol–water partition coefficient (Wildman–Crippen LogP) is 6.32. The van der Waals surface area contributed by atoms with Crippen LogP contribution in [-0.4, -0.2) is 19.6 Å². The number of aromatic nitrogens is 2. The van der Waals surface area contributed by atoms with Crippen LogP contribution in [0.15, 0.2) is 85.1 Å². The first-order chi connectivity index (χ1) is 16.0. The number of halogens is 1. The summed E-state index contributed by atoms with van der Waals surface area (Å²) in [6, 6.07) is 26.7. The Morgan fingerprint density at radius 2 is 1.70 bits per heavy atom. The SMILES string of the molecule is Cc1cc([C@H]2[C@H](c3ccccn3)NC(=S)N2Cc2ccccc2)c(C)n1-c1ccc(Cl)cc1. The molecular weight excluding hydrogens is 448 g/mol. The van der Waals surface area contributed by atoms with E-state index in [4.69, 9.17) is 23.8 Å². The number of rotatable bonds is 5. The van der Waals surface area contributed by atoms with Crippen LogP contribution in [0.5, 0.6) is 0 Å². The lowest BCUT2D eigenvalue weighted by molar-refractivity contribution is 0.310. The second kappa shape index (κ2) is 9.00. The molecule has 1 aliphatic heterocycles. The molecule has 33 heavy (non-hydrogen) atoms. The molecule has 0 bridgehead atoms. The van der Waals surface area contributed by atoms with Crippen molar-refractivity contribution in [2.24, 2.45) is 0 Å². The first-order valence-corrected chi connectivity index (χ1v) is 11.8. The molecule has 1 saturated heterocycles. The molecule has 0 radical (unpaired) electrons. The minimum Gasteiger partial charge on any atom is -0.352 e. The Labute approximate surface area is 204 Å². The van der Waals surface area contributed by atoms with Crippen molar-refractivity contribution in [3.63, 3.8) is 0 Å². The Morgan fingerprint density at radius 3 is 2.39 bits per heavy atom. The van der Waals surface area contributed by atoms with Gasteiger partial charge < -0.3 is 14.8 Å². The maximum atomic E-state index is 6.14. The highest BCUT2D eigenvalue weighted by Gasteiger charge is 2.41. The van der Waals surface area contributed by atoms with Crippen LogP contribution in [0, 0.1) is 13.8 Å². The quantitative estimate of drug-likeness (QED) is 0.345. The standard InChI is InChI=1S/C27H25ClN4S/c1-18-16-23(19(2)32(18)22-13-11-21(28)12-14-22)26-25(24-10-6-7-15-29-24)30-27(33)31(26)17-20-8-4-3-5-9-20/h3-16,25-26H,17H2,1-2H3,(H,30,33)/t25-,26-/m0/s1. The summed E-state index contributed by atoms with van der Waals surface area (Å²) in [5.74, 6) is 0. The van der Waals surface area contributed by atoms with Gasteiger partial charge in [0.15, 0.2) is 5.11 Å². The summed E-state index contributed by atoms with van der Waals surface area (Å²) in [7, 11) is 0. The highest BCUT2D eigenvalue weighted by molar-refractivity contribution is 7.80. The number of thiocarbonyl (C=S) groups is 1. The second-order valence-corrected chi connectivity index (χ2v) is 9.20. The molecule has 0 saturated carbocycles. The van der Waals surface area contributed by atoms with Crippen LogP contribution in [0.2, 0.25) is 5.02 Å². The number of nitrogens with zero attached hydrogens (tertiary/aromatic N) is 3. The molecule has 2 atom stereocenters.